The monoisotopic (exact) mass is 260 g/mol. The lowest BCUT2D eigenvalue weighted by atomic mass is 9.75. The predicted molar refractivity (Wildman–Crippen MR) is 61.2 cm³/mol. The van der Waals surface area contributed by atoms with Gasteiger partial charge in [0.25, 0.3) is 0 Å². The Bertz CT molecular complexity index is 412. The van der Waals surface area contributed by atoms with Crippen molar-refractivity contribution in [3.8, 4) is 0 Å². The van der Waals surface area contributed by atoms with E-state index in [4.69, 9.17) is 0 Å². The summed E-state index contributed by atoms with van der Waals surface area (Å²) in [6, 6.07) is 8.48. The highest BCUT2D eigenvalue weighted by molar-refractivity contribution is 5.64. The van der Waals surface area contributed by atoms with Gasteiger partial charge >= 0.3 is 6.18 Å². The molecule has 0 spiro atoms. The van der Waals surface area contributed by atoms with Crippen molar-refractivity contribution in [2.24, 2.45) is 0 Å². The van der Waals surface area contributed by atoms with E-state index in [9.17, 15) is 23.1 Å². The maximum absolute atomic E-state index is 12.7. The van der Waals surface area contributed by atoms with Crippen LogP contribution in [-0.2, 0) is 10.2 Å². The molecule has 1 unspecified atom stereocenters. The molecule has 1 rings (SSSR count). The molecule has 0 bridgehead atoms. The third kappa shape index (κ3) is 2.90. The van der Waals surface area contributed by atoms with Crippen molar-refractivity contribution in [1.29, 1.82) is 0 Å². The largest absolute Gasteiger partial charge is 0.424 e. The normalized spacial score (nSPS) is 16.1. The van der Waals surface area contributed by atoms with Crippen LogP contribution in [0.2, 0.25) is 0 Å². The van der Waals surface area contributed by atoms with E-state index in [2.05, 4.69) is 0 Å². The van der Waals surface area contributed by atoms with Gasteiger partial charge in [0.05, 0.1) is 0 Å². The first-order valence-electron chi connectivity index (χ1n) is 5.43. The highest BCUT2D eigenvalue weighted by atomic mass is 19.4. The fourth-order valence-electron chi connectivity index (χ4n) is 1.87. The van der Waals surface area contributed by atoms with Crippen LogP contribution in [0.5, 0.6) is 0 Å². The van der Waals surface area contributed by atoms with Gasteiger partial charge in [-0.05, 0) is 11.0 Å². The van der Waals surface area contributed by atoms with Crippen LogP contribution in [0.3, 0.4) is 0 Å². The fourth-order valence-corrected chi connectivity index (χ4v) is 1.87. The molecule has 0 radical (unpaired) electrons. The number of carbonyl (C=O) groups excluding carboxylic acids is 1. The number of hydrogen-bond donors (Lipinski definition) is 1. The minimum atomic E-state index is -4.97. The van der Waals surface area contributed by atoms with Gasteiger partial charge in [0.1, 0.15) is 0 Å². The van der Waals surface area contributed by atoms with Crippen LogP contribution in [0, 0.1) is 0 Å². The number of hydrogen-bond acceptors (Lipinski definition) is 2. The van der Waals surface area contributed by atoms with Gasteiger partial charge < -0.3 is 5.11 Å². The fraction of sp³-hybridized carbons (Fsp3) is 0.462. The molecule has 1 aromatic rings. The zero-order chi connectivity index (χ0) is 14.0. The average molecular weight is 260 g/mol. The predicted octanol–water partition coefficient (Wildman–Crippen LogP) is 2.85. The summed E-state index contributed by atoms with van der Waals surface area (Å²) in [6.07, 6.45) is -6.12. The van der Waals surface area contributed by atoms with Crippen LogP contribution < -0.4 is 0 Å². The Morgan fingerprint density at radius 2 is 1.67 bits per heavy atom. The lowest BCUT2D eigenvalue weighted by Crippen LogP contribution is -2.50. The minimum absolute atomic E-state index is 0.433. The van der Waals surface area contributed by atoms with Gasteiger partial charge in [0, 0.05) is 6.42 Å². The third-order valence-electron chi connectivity index (χ3n) is 2.95. The van der Waals surface area contributed by atoms with E-state index in [1.54, 1.807) is 44.2 Å². The van der Waals surface area contributed by atoms with Gasteiger partial charge in [-0.2, -0.15) is 13.2 Å². The molecule has 2 nitrogen and oxygen atoms in total. The molecule has 0 aromatic heterocycles. The number of aliphatic hydroxyl groups is 1. The molecule has 0 saturated carbocycles. The van der Waals surface area contributed by atoms with E-state index in [1.807, 2.05) is 0 Å². The minimum Gasteiger partial charge on any atom is -0.374 e. The molecule has 0 aliphatic heterocycles. The van der Waals surface area contributed by atoms with Crippen LogP contribution in [0.1, 0.15) is 25.8 Å². The highest BCUT2D eigenvalue weighted by Crippen LogP contribution is 2.39. The molecule has 1 aromatic carbocycles. The Morgan fingerprint density at radius 3 is 2.06 bits per heavy atom. The SMILES string of the molecule is CC(C)(CC(O)(C=O)C(F)(F)F)c1ccccc1. The van der Waals surface area contributed by atoms with Crippen LogP contribution in [0.15, 0.2) is 30.3 Å². The summed E-state index contributed by atoms with van der Waals surface area (Å²) >= 11 is 0. The van der Waals surface area contributed by atoms with Crippen molar-refractivity contribution >= 4 is 6.29 Å². The van der Waals surface area contributed by atoms with Gasteiger partial charge in [-0.3, -0.25) is 4.79 Å². The lowest BCUT2D eigenvalue weighted by molar-refractivity contribution is -0.250. The summed E-state index contributed by atoms with van der Waals surface area (Å²) in [6.45, 7) is 3.12. The molecular weight excluding hydrogens is 245 g/mol. The maximum Gasteiger partial charge on any atom is 0.424 e. The van der Waals surface area contributed by atoms with Crippen LogP contribution in [-0.4, -0.2) is 23.2 Å². The van der Waals surface area contributed by atoms with Crippen molar-refractivity contribution in [2.75, 3.05) is 0 Å². The van der Waals surface area contributed by atoms with Gasteiger partial charge in [0.2, 0.25) is 5.60 Å². The molecule has 1 N–H and O–H groups in total. The van der Waals surface area contributed by atoms with Crippen molar-refractivity contribution < 1.29 is 23.1 Å². The molecule has 0 aliphatic carbocycles. The second kappa shape index (κ2) is 4.72. The van der Waals surface area contributed by atoms with Crippen LogP contribution in [0.4, 0.5) is 13.2 Å². The number of benzene rings is 1. The number of halogens is 3. The Balaban J connectivity index is 3.05. The Kier molecular flexibility index (Phi) is 3.86. The first kappa shape index (κ1) is 14.7. The van der Waals surface area contributed by atoms with E-state index in [-0.39, 0.29) is 0 Å². The Hall–Kier alpha value is -1.36. The van der Waals surface area contributed by atoms with Gasteiger partial charge in [-0.25, -0.2) is 0 Å². The summed E-state index contributed by atoms with van der Waals surface area (Å²) in [5.74, 6) is 0. The number of rotatable bonds is 4. The second-order valence-corrected chi connectivity index (χ2v) is 4.97. The molecule has 0 saturated heterocycles. The number of alkyl halides is 3. The van der Waals surface area contributed by atoms with E-state index >= 15 is 0 Å². The van der Waals surface area contributed by atoms with Gasteiger partial charge in [0.15, 0.2) is 6.29 Å². The summed E-state index contributed by atoms with van der Waals surface area (Å²) in [7, 11) is 0. The quantitative estimate of drug-likeness (QED) is 0.845. The maximum atomic E-state index is 12.7. The third-order valence-corrected chi connectivity index (χ3v) is 2.95. The van der Waals surface area contributed by atoms with Crippen LogP contribution in [0.25, 0.3) is 0 Å². The van der Waals surface area contributed by atoms with Crippen molar-refractivity contribution in [3.05, 3.63) is 35.9 Å². The topological polar surface area (TPSA) is 37.3 Å². The van der Waals surface area contributed by atoms with E-state index in [1.165, 1.54) is 0 Å². The standard InChI is InChI=1S/C13H15F3O2/c1-11(2,10-6-4-3-5-7-10)8-12(18,9-17)13(14,15)16/h3-7,9,18H,8H2,1-2H3. The molecule has 5 heteroatoms. The van der Waals surface area contributed by atoms with E-state index in [0.29, 0.717) is 5.56 Å². The summed E-state index contributed by atoms with van der Waals surface area (Å²) in [5, 5.41) is 9.46. The molecule has 0 aliphatic rings. The number of carbonyl (C=O) groups is 1. The van der Waals surface area contributed by atoms with Crippen molar-refractivity contribution in [3.63, 3.8) is 0 Å². The summed E-state index contributed by atoms with van der Waals surface area (Å²) < 4.78 is 38.0. The van der Waals surface area contributed by atoms with E-state index < -0.39 is 29.9 Å². The zero-order valence-electron chi connectivity index (χ0n) is 10.2. The molecule has 18 heavy (non-hydrogen) atoms. The molecule has 100 valence electrons. The van der Waals surface area contributed by atoms with Crippen molar-refractivity contribution in [2.45, 2.75) is 37.5 Å². The van der Waals surface area contributed by atoms with E-state index in [0.717, 1.165) is 0 Å². The molecular formula is C13H15F3O2. The smallest absolute Gasteiger partial charge is 0.374 e. The summed E-state index contributed by atoms with van der Waals surface area (Å²) in [5.41, 5.74) is -3.65. The van der Waals surface area contributed by atoms with Gasteiger partial charge in [-0.1, -0.05) is 44.2 Å². The molecule has 0 heterocycles. The second-order valence-electron chi connectivity index (χ2n) is 4.97. The molecule has 1 atom stereocenters. The van der Waals surface area contributed by atoms with Gasteiger partial charge in [-0.15, -0.1) is 0 Å². The Morgan fingerprint density at radius 1 is 1.17 bits per heavy atom. The molecule has 0 fully saturated rings. The Labute approximate surface area is 103 Å². The molecule has 0 amide bonds. The highest BCUT2D eigenvalue weighted by Gasteiger charge is 2.56. The van der Waals surface area contributed by atoms with Crippen LogP contribution >= 0.6 is 0 Å². The summed E-state index contributed by atoms with van der Waals surface area (Å²) in [4.78, 5) is 10.6. The zero-order valence-corrected chi connectivity index (χ0v) is 10.2. The first-order chi connectivity index (χ1) is 8.12. The first-order valence-corrected chi connectivity index (χ1v) is 5.43. The average Bonchev–Trinajstić information content (AvgIpc) is 2.28. The number of aldehydes is 1. The lowest BCUT2D eigenvalue weighted by Gasteiger charge is -2.34. The van der Waals surface area contributed by atoms with Crippen molar-refractivity contribution in [1.82, 2.24) is 0 Å².